The molecule has 0 saturated heterocycles. The van der Waals surface area contributed by atoms with Gasteiger partial charge in [0.1, 0.15) is 5.82 Å². The van der Waals surface area contributed by atoms with E-state index in [4.69, 9.17) is 5.11 Å². The highest BCUT2D eigenvalue weighted by atomic mass is 32.2. The molecular weight excluding hydrogens is 271 g/mol. The van der Waals surface area contributed by atoms with Gasteiger partial charge in [-0.1, -0.05) is 0 Å². The van der Waals surface area contributed by atoms with Crippen LogP contribution in [0.5, 0.6) is 0 Å². The molecule has 1 aromatic carbocycles. The molecule has 0 aliphatic heterocycles. The molecule has 0 atom stereocenters. The Labute approximate surface area is 111 Å². The first kappa shape index (κ1) is 12.1. The molecule has 1 heterocycles. The predicted octanol–water partition coefficient (Wildman–Crippen LogP) is 2.00. The fourth-order valence-corrected chi connectivity index (χ4v) is 2.46. The molecule has 0 bridgehead atoms. The minimum atomic E-state index is -1.15. The third-order valence-corrected chi connectivity index (χ3v) is 3.74. The quantitative estimate of drug-likeness (QED) is 0.922. The van der Waals surface area contributed by atoms with E-state index in [1.165, 1.54) is 12.1 Å². The normalized spacial score (nSPS) is 14.6. The van der Waals surface area contributed by atoms with E-state index >= 15 is 0 Å². The summed E-state index contributed by atoms with van der Waals surface area (Å²) in [6.07, 6.45) is 2.05. The Morgan fingerprint density at radius 2 is 2.26 bits per heavy atom. The Morgan fingerprint density at radius 3 is 2.89 bits per heavy atom. The fraction of sp³-hybridized carbons (Fsp3) is 0.273. The minimum Gasteiger partial charge on any atom is -0.478 e. The number of tetrazole rings is 1. The molecule has 3 rings (SSSR count). The van der Waals surface area contributed by atoms with Crippen LogP contribution < -0.4 is 0 Å². The number of aromatic carboxylic acids is 1. The molecule has 1 fully saturated rings. The first-order valence-electron chi connectivity index (χ1n) is 5.63. The van der Waals surface area contributed by atoms with Gasteiger partial charge in [0.15, 0.2) is 0 Å². The van der Waals surface area contributed by atoms with Gasteiger partial charge in [-0.3, -0.25) is 0 Å². The van der Waals surface area contributed by atoms with Gasteiger partial charge in [0.05, 0.1) is 16.5 Å². The van der Waals surface area contributed by atoms with Crippen LogP contribution in [0.4, 0.5) is 4.39 Å². The Hall–Kier alpha value is -1.96. The van der Waals surface area contributed by atoms with Gasteiger partial charge in [0, 0.05) is 0 Å². The second-order valence-electron chi connectivity index (χ2n) is 4.19. The summed E-state index contributed by atoms with van der Waals surface area (Å²) in [5, 5.41) is 20.6. The number of hydrogen-bond donors (Lipinski definition) is 1. The van der Waals surface area contributed by atoms with Crippen molar-refractivity contribution in [3.63, 3.8) is 0 Å². The van der Waals surface area contributed by atoms with Crippen molar-refractivity contribution in [3.05, 3.63) is 29.6 Å². The van der Waals surface area contributed by atoms with Gasteiger partial charge < -0.3 is 5.11 Å². The van der Waals surface area contributed by atoms with Crippen LogP contribution in [0.2, 0.25) is 0 Å². The maximum absolute atomic E-state index is 13.8. The third-order valence-electron chi connectivity index (χ3n) is 2.74. The zero-order valence-electron chi connectivity index (χ0n) is 9.65. The number of halogens is 1. The SMILES string of the molecule is O=C(O)c1ccc(Sc2nnnn2C2CC2)c(F)c1. The molecule has 1 aliphatic carbocycles. The second-order valence-corrected chi connectivity index (χ2v) is 5.20. The molecule has 19 heavy (non-hydrogen) atoms. The second kappa shape index (κ2) is 4.61. The van der Waals surface area contributed by atoms with E-state index in [1.54, 1.807) is 4.68 Å². The maximum Gasteiger partial charge on any atom is 0.335 e. The Kier molecular flexibility index (Phi) is 2.94. The molecule has 0 radical (unpaired) electrons. The van der Waals surface area contributed by atoms with Crippen LogP contribution in [-0.2, 0) is 0 Å². The van der Waals surface area contributed by atoms with Crippen molar-refractivity contribution in [2.24, 2.45) is 0 Å². The van der Waals surface area contributed by atoms with Gasteiger partial charge in [-0.15, -0.1) is 5.10 Å². The van der Waals surface area contributed by atoms with E-state index in [0.29, 0.717) is 16.1 Å². The van der Waals surface area contributed by atoms with Crippen LogP contribution in [0.25, 0.3) is 0 Å². The molecule has 1 N–H and O–H groups in total. The first-order chi connectivity index (χ1) is 9.15. The Bertz CT molecular complexity index is 641. The topological polar surface area (TPSA) is 80.9 Å². The van der Waals surface area contributed by atoms with E-state index in [2.05, 4.69) is 15.5 Å². The van der Waals surface area contributed by atoms with Crippen molar-refractivity contribution in [3.8, 4) is 0 Å². The van der Waals surface area contributed by atoms with Crippen molar-refractivity contribution < 1.29 is 14.3 Å². The summed E-state index contributed by atoms with van der Waals surface area (Å²) in [7, 11) is 0. The molecular formula is C11H9FN4O2S. The number of benzene rings is 1. The van der Waals surface area contributed by atoms with Crippen molar-refractivity contribution in [2.45, 2.75) is 28.9 Å². The van der Waals surface area contributed by atoms with E-state index in [-0.39, 0.29) is 5.56 Å². The number of rotatable bonds is 4. The minimum absolute atomic E-state index is 0.0800. The van der Waals surface area contributed by atoms with Gasteiger partial charge in [0.25, 0.3) is 0 Å². The zero-order chi connectivity index (χ0) is 13.4. The average Bonchev–Trinajstić information content (AvgIpc) is 3.12. The zero-order valence-corrected chi connectivity index (χ0v) is 10.5. The maximum atomic E-state index is 13.8. The summed E-state index contributed by atoms with van der Waals surface area (Å²) < 4.78 is 15.5. The van der Waals surface area contributed by atoms with Gasteiger partial charge in [-0.05, 0) is 53.2 Å². The highest BCUT2D eigenvalue weighted by Gasteiger charge is 2.28. The lowest BCUT2D eigenvalue weighted by atomic mass is 10.2. The molecule has 1 aromatic heterocycles. The highest BCUT2D eigenvalue weighted by Crippen LogP contribution is 2.38. The molecule has 0 amide bonds. The van der Waals surface area contributed by atoms with Crippen LogP contribution in [0, 0.1) is 5.82 Å². The average molecular weight is 280 g/mol. The number of nitrogens with zero attached hydrogens (tertiary/aromatic N) is 4. The monoisotopic (exact) mass is 280 g/mol. The smallest absolute Gasteiger partial charge is 0.335 e. The van der Waals surface area contributed by atoms with Gasteiger partial charge in [-0.2, -0.15) is 0 Å². The summed E-state index contributed by atoms with van der Waals surface area (Å²) in [6.45, 7) is 0. The summed E-state index contributed by atoms with van der Waals surface area (Å²) in [5.74, 6) is -1.74. The molecule has 0 spiro atoms. The lowest BCUT2D eigenvalue weighted by molar-refractivity contribution is 0.0696. The van der Waals surface area contributed by atoms with E-state index in [1.807, 2.05) is 0 Å². The van der Waals surface area contributed by atoms with Gasteiger partial charge in [0.2, 0.25) is 5.16 Å². The van der Waals surface area contributed by atoms with Gasteiger partial charge >= 0.3 is 5.97 Å². The number of carbonyl (C=O) groups is 1. The van der Waals surface area contributed by atoms with Crippen LogP contribution in [0.1, 0.15) is 29.2 Å². The summed E-state index contributed by atoms with van der Waals surface area (Å²) in [4.78, 5) is 11.0. The number of hydrogen-bond acceptors (Lipinski definition) is 5. The predicted molar refractivity (Wildman–Crippen MR) is 63.6 cm³/mol. The standard InChI is InChI=1S/C11H9FN4O2S/c12-8-5-6(10(17)18)1-4-9(8)19-11-13-14-15-16(11)7-2-3-7/h1,4-5,7H,2-3H2,(H,17,18). The van der Waals surface area contributed by atoms with Crippen molar-refractivity contribution in [1.82, 2.24) is 20.2 Å². The molecule has 8 heteroatoms. The lowest BCUT2D eigenvalue weighted by Gasteiger charge is -2.04. The third kappa shape index (κ3) is 2.43. The summed E-state index contributed by atoms with van der Waals surface area (Å²) >= 11 is 1.10. The largest absolute Gasteiger partial charge is 0.478 e. The van der Waals surface area contributed by atoms with E-state index < -0.39 is 11.8 Å². The van der Waals surface area contributed by atoms with Gasteiger partial charge in [-0.25, -0.2) is 13.9 Å². The molecule has 2 aromatic rings. The Morgan fingerprint density at radius 1 is 1.47 bits per heavy atom. The number of carboxylic acid groups (broad SMARTS) is 1. The summed E-state index contributed by atoms with van der Waals surface area (Å²) in [6, 6.07) is 4.09. The number of aromatic nitrogens is 4. The highest BCUT2D eigenvalue weighted by molar-refractivity contribution is 7.99. The first-order valence-corrected chi connectivity index (χ1v) is 6.45. The van der Waals surface area contributed by atoms with Crippen LogP contribution in [0.3, 0.4) is 0 Å². The molecule has 6 nitrogen and oxygen atoms in total. The van der Waals surface area contributed by atoms with Crippen molar-refractivity contribution in [2.75, 3.05) is 0 Å². The van der Waals surface area contributed by atoms with Crippen molar-refractivity contribution in [1.29, 1.82) is 0 Å². The molecule has 1 saturated carbocycles. The lowest BCUT2D eigenvalue weighted by Crippen LogP contribution is -2.00. The van der Waals surface area contributed by atoms with E-state index in [9.17, 15) is 9.18 Å². The number of carboxylic acids is 1. The Balaban J connectivity index is 1.86. The van der Waals surface area contributed by atoms with Crippen molar-refractivity contribution >= 4 is 17.7 Å². The fourth-order valence-electron chi connectivity index (χ4n) is 1.62. The van der Waals surface area contributed by atoms with E-state index in [0.717, 1.165) is 30.7 Å². The van der Waals surface area contributed by atoms with Crippen LogP contribution in [0.15, 0.2) is 28.3 Å². The molecule has 98 valence electrons. The molecule has 0 unspecified atom stereocenters. The molecule has 1 aliphatic rings. The van der Waals surface area contributed by atoms with Crippen LogP contribution in [-0.4, -0.2) is 31.3 Å². The summed E-state index contributed by atoms with van der Waals surface area (Å²) in [5.41, 5.74) is -0.0800. The van der Waals surface area contributed by atoms with Crippen LogP contribution >= 0.6 is 11.8 Å².